The largest absolute Gasteiger partial charge is 0.748 e. The molecule has 2 heterocycles. The fourth-order valence-corrected chi connectivity index (χ4v) is 8.38. The van der Waals surface area contributed by atoms with Crippen molar-refractivity contribution in [3.8, 4) is 11.3 Å². The van der Waals surface area contributed by atoms with Gasteiger partial charge < -0.3 is 28.1 Å². The van der Waals surface area contributed by atoms with Crippen LogP contribution in [0.25, 0.3) is 17.4 Å². The van der Waals surface area contributed by atoms with Crippen molar-refractivity contribution in [1.29, 1.82) is 0 Å². The lowest BCUT2D eigenvalue weighted by Gasteiger charge is -2.30. The Morgan fingerprint density at radius 2 is 1.61 bits per heavy atom. The number of rotatable bonds is 16. The molecule has 1 atom stereocenters. The number of benzene rings is 2. The summed E-state index contributed by atoms with van der Waals surface area (Å²) in [5.41, 5.74) is 2.00. The Morgan fingerprint density at radius 3 is 2.20 bits per heavy atom. The summed E-state index contributed by atoms with van der Waals surface area (Å²) < 4.78 is 112. The third-order valence-electron chi connectivity index (χ3n) is 9.50. The molecule has 0 saturated carbocycles. The molecule has 17 heteroatoms. The van der Waals surface area contributed by atoms with E-state index >= 15 is 0 Å². The second-order valence-corrected chi connectivity index (χ2v) is 19.0. The molecule has 1 aromatic carbocycles. The molecule has 1 aromatic rings. The van der Waals surface area contributed by atoms with Crippen LogP contribution in [0.1, 0.15) is 83.6 Å². The molecular weight excluding hydrogens is 761 g/mol. The fourth-order valence-electron chi connectivity index (χ4n) is 6.91. The molecule has 0 bridgehead atoms. The van der Waals surface area contributed by atoms with Crippen LogP contribution in [-0.4, -0.2) is 81.1 Å². The molecule has 1 aliphatic carbocycles. The Kier molecular flexibility index (Phi) is 13.1. The maximum absolute atomic E-state index is 12.1. The predicted molar refractivity (Wildman–Crippen MR) is 201 cm³/mol. The lowest BCUT2D eigenvalue weighted by molar-refractivity contribution is -0.137. The normalized spacial score (nSPS) is 18.1. The van der Waals surface area contributed by atoms with E-state index in [0.717, 1.165) is 22.6 Å². The third-order valence-corrected chi connectivity index (χ3v) is 11.9. The van der Waals surface area contributed by atoms with Crippen LogP contribution in [0.4, 0.5) is 5.69 Å². The highest BCUT2D eigenvalue weighted by atomic mass is 32.2. The number of anilines is 1. The number of aliphatic carboxylic acids is 1. The standard InChI is InChI=1S/C37H48N2O12S3/c1-6-38(19-9-21-52(42,43)44)26-14-16-29-30(36(2,3)4)24-27(51-33(29)23-26)11-7-12-34-37(5,18-8-13-35(40)41)31-25-28(54(48,49)50)15-17-32(31)39(34)20-10-22-53(45,46)47/h7,11-12,14-17,23-25H,6,8-10,13,18-22H2,1-5H3,(H3-,40,41,42,43,44,45,46,47,48,49,50)/p-2. The first-order chi connectivity index (χ1) is 24.9. The summed E-state index contributed by atoms with van der Waals surface area (Å²) in [4.78, 5) is 12.8. The van der Waals surface area contributed by atoms with E-state index in [1.54, 1.807) is 30.1 Å². The van der Waals surface area contributed by atoms with Crippen LogP contribution in [0.15, 0.2) is 69.6 Å². The van der Waals surface area contributed by atoms with E-state index in [1.807, 2.05) is 35.8 Å². The molecule has 1 N–H and O–H groups in total. The molecule has 3 aliphatic rings. The van der Waals surface area contributed by atoms with Gasteiger partial charge in [-0.2, -0.15) is 0 Å². The maximum Gasteiger partial charge on any atom is 0.303 e. The van der Waals surface area contributed by atoms with Gasteiger partial charge in [-0.1, -0.05) is 26.8 Å². The molecule has 0 spiro atoms. The number of hydrogen-bond donors (Lipinski definition) is 1. The lowest BCUT2D eigenvalue weighted by atomic mass is 9.77. The van der Waals surface area contributed by atoms with E-state index in [0.29, 0.717) is 41.6 Å². The van der Waals surface area contributed by atoms with Gasteiger partial charge in [0.1, 0.15) is 34.7 Å². The summed E-state index contributed by atoms with van der Waals surface area (Å²) >= 11 is 0. The van der Waals surface area contributed by atoms with Crippen LogP contribution in [0, 0.1) is 0 Å². The zero-order valence-corrected chi connectivity index (χ0v) is 33.4. The summed E-state index contributed by atoms with van der Waals surface area (Å²) in [7, 11) is -13.8. The van der Waals surface area contributed by atoms with Gasteiger partial charge in [-0.25, -0.2) is 29.8 Å². The number of carbonyl (C=O) groups is 1. The summed E-state index contributed by atoms with van der Waals surface area (Å²) in [5, 5.41) is 10.2. The van der Waals surface area contributed by atoms with Gasteiger partial charge in [-0.3, -0.25) is 4.79 Å². The average molecular weight is 807 g/mol. The van der Waals surface area contributed by atoms with Crippen molar-refractivity contribution >= 4 is 48.1 Å². The summed E-state index contributed by atoms with van der Waals surface area (Å²) in [6.07, 6.45) is 5.53. The van der Waals surface area contributed by atoms with Crippen LogP contribution in [0.2, 0.25) is 0 Å². The fraction of sp³-hybridized carbons (Fsp3) is 0.459. The van der Waals surface area contributed by atoms with E-state index in [4.69, 9.17) is 4.42 Å². The second-order valence-electron chi connectivity index (χ2n) is 14.6. The second kappa shape index (κ2) is 16.5. The summed E-state index contributed by atoms with van der Waals surface area (Å²) in [5.74, 6) is -1.12. The Labute approximate surface area is 317 Å². The maximum atomic E-state index is 12.1. The first-order valence-electron chi connectivity index (χ1n) is 17.4. The number of hydrogen-bond acceptors (Lipinski definition) is 12. The van der Waals surface area contributed by atoms with Crippen LogP contribution >= 0.6 is 0 Å². The van der Waals surface area contributed by atoms with Crippen LogP contribution in [-0.2, 0) is 46.0 Å². The van der Waals surface area contributed by atoms with E-state index < -0.39 is 58.1 Å². The number of carboxylic acid groups (broad SMARTS) is 1. The molecule has 4 rings (SSSR count). The molecule has 0 amide bonds. The van der Waals surface area contributed by atoms with Gasteiger partial charge in [0.15, 0.2) is 0 Å². The zero-order chi connectivity index (χ0) is 40.3. The first kappa shape index (κ1) is 42.9. The molecular formula is C37H46N2O12S3-2. The van der Waals surface area contributed by atoms with Crippen LogP contribution < -0.4 is 14.8 Å². The quantitative estimate of drug-likeness (QED) is 0.158. The Balaban J connectivity index is 1.87. The first-order valence-corrected chi connectivity index (χ1v) is 22.0. The predicted octanol–water partition coefficient (Wildman–Crippen LogP) is 4.18. The van der Waals surface area contributed by atoms with Crippen molar-refractivity contribution < 1.29 is 53.2 Å². The molecule has 54 heavy (non-hydrogen) atoms. The van der Waals surface area contributed by atoms with Crippen molar-refractivity contribution in [1.82, 2.24) is 4.58 Å². The molecule has 0 aromatic heterocycles. The summed E-state index contributed by atoms with van der Waals surface area (Å²) in [6.45, 7) is 10.8. The van der Waals surface area contributed by atoms with Gasteiger partial charge in [0.05, 0.1) is 31.2 Å². The smallest absolute Gasteiger partial charge is 0.303 e. The van der Waals surface area contributed by atoms with Gasteiger partial charge in [0, 0.05) is 59.3 Å². The minimum absolute atomic E-state index is 0.0537. The van der Waals surface area contributed by atoms with Crippen molar-refractivity contribution in [3.05, 3.63) is 82.6 Å². The van der Waals surface area contributed by atoms with Gasteiger partial charge in [-0.05, 0) is 92.1 Å². The minimum atomic E-state index is -4.86. The minimum Gasteiger partial charge on any atom is -0.748 e. The van der Waals surface area contributed by atoms with Gasteiger partial charge in [0.25, 0.3) is 0 Å². The van der Waals surface area contributed by atoms with Gasteiger partial charge in [0.2, 0.25) is 5.36 Å². The monoisotopic (exact) mass is 806 g/mol. The van der Waals surface area contributed by atoms with Crippen molar-refractivity contribution in [2.75, 3.05) is 36.0 Å². The zero-order valence-electron chi connectivity index (χ0n) is 30.9. The number of carboxylic acids is 1. The third kappa shape index (κ3) is 10.9. The van der Waals surface area contributed by atoms with E-state index in [-0.39, 0.29) is 44.1 Å². The van der Waals surface area contributed by atoms with E-state index in [9.17, 15) is 48.8 Å². The van der Waals surface area contributed by atoms with Crippen LogP contribution in [0.5, 0.6) is 0 Å². The molecule has 296 valence electrons. The average Bonchev–Trinajstić information content (AvgIpc) is 3.26. The molecule has 1 unspecified atom stereocenters. The SMILES string of the molecule is CC[N+](CCCS(=O)(=O)[O-])=c1ccc2c(C(C)(C)C)cc(C=CC=C3N(CCCS(=O)(=O)[O-])c4ccc(S(=O)(=O)[O-])cc4C3(C)CCCC(=O)O)oc-2c1. The topological polar surface area (TPSA) is 228 Å². The summed E-state index contributed by atoms with van der Waals surface area (Å²) in [6, 6.07) is 11.5. The lowest BCUT2D eigenvalue weighted by Crippen LogP contribution is -2.31. The van der Waals surface area contributed by atoms with Crippen molar-refractivity contribution in [2.24, 2.45) is 0 Å². The highest BCUT2D eigenvalue weighted by Gasteiger charge is 2.43. The van der Waals surface area contributed by atoms with Crippen LogP contribution in [0.3, 0.4) is 0 Å². The molecule has 0 fully saturated rings. The number of fused-ring (bicyclic) bond motifs is 2. The Hall–Kier alpha value is -3.87. The van der Waals surface area contributed by atoms with E-state index in [2.05, 4.69) is 20.8 Å². The highest BCUT2D eigenvalue weighted by molar-refractivity contribution is 7.86. The van der Waals surface area contributed by atoms with Crippen molar-refractivity contribution in [2.45, 2.75) is 82.4 Å². The Bertz CT molecular complexity index is 2320. The highest BCUT2D eigenvalue weighted by Crippen LogP contribution is 2.51. The molecule has 0 radical (unpaired) electrons. The number of nitrogens with zero attached hydrogens (tertiary/aromatic N) is 2. The number of allylic oxidation sites excluding steroid dienone is 3. The molecule has 0 saturated heterocycles. The Morgan fingerprint density at radius 1 is 0.944 bits per heavy atom. The molecule has 2 aliphatic heterocycles. The van der Waals surface area contributed by atoms with Gasteiger partial charge >= 0.3 is 5.97 Å². The van der Waals surface area contributed by atoms with Gasteiger partial charge in [-0.15, -0.1) is 0 Å². The van der Waals surface area contributed by atoms with E-state index in [1.165, 1.54) is 12.1 Å². The molecule has 14 nitrogen and oxygen atoms in total. The van der Waals surface area contributed by atoms with Crippen molar-refractivity contribution in [3.63, 3.8) is 0 Å².